The normalized spacial score (nSPS) is 14.4. The predicted octanol–water partition coefficient (Wildman–Crippen LogP) is 4.39. The van der Waals surface area contributed by atoms with Crippen molar-refractivity contribution in [1.82, 2.24) is 24.6 Å². The van der Waals surface area contributed by atoms with Gasteiger partial charge < -0.3 is 14.8 Å². The summed E-state index contributed by atoms with van der Waals surface area (Å²) < 4.78 is 28.6. The minimum Gasteiger partial charge on any atom is -0.488 e. The fourth-order valence-corrected chi connectivity index (χ4v) is 4.05. The van der Waals surface area contributed by atoms with E-state index in [4.69, 9.17) is 9.47 Å². The van der Waals surface area contributed by atoms with Crippen molar-refractivity contribution in [2.75, 3.05) is 25.5 Å². The molecule has 2 aromatic heterocycles. The molecule has 3 heterocycles. The summed E-state index contributed by atoms with van der Waals surface area (Å²) in [4.78, 5) is 23.2. The first-order valence-corrected chi connectivity index (χ1v) is 12.1. The zero-order valence-corrected chi connectivity index (χ0v) is 21.2. The average molecular weight is 505 g/mol. The van der Waals surface area contributed by atoms with Gasteiger partial charge in [0.15, 0.2) is 0 Å². The van der Waals surface area contributed by atoms with Crippen LogP contribution in [0.15, 0.2) is 55.1 Å². The standard InChI is InChI=1S/C27H29FN6O3/c1-27(2,3)34-13-18(12-31-34)32-25(35)9-17-5-6-20(11-23(17)28)37-26-22-10-19(36-21-14-33(4)15-21)7-8-24(22)29-16-30-26/h5-8,10-13,16,21H,9,14-15H2,1-4H3,(H,32,35). The zero-order valence-electron chi connectivity index (χ0n) is 21.2. The number of hydrogen-bond acceptors (Lipinski definition) is 7. The van der Waals surface area contributed by atoms with Crippen LogP contribution < -0.4 is 14.8 Å². The average Bonchev–Trinajstić information content (AvgIpc) is 3.29. The molecule has 0 atom stereocenters. The molecule has 10 heteroatoms. The van der Waals surface area contributed by atoms with Crippen LogP contribution in [0.1, 0.15) is 26.3 Å². The number of anilines is 1. The molecule has 2 aromatic carbocycles. The number of likely N-dealkylation sites (tertiary alicyclic amines) is 1. The first-order chi connectivity index (χ1) is 17.6. The highest BCUT2D eigenvalue weighted by Gasteiger charge is 2.25. The summed E-state index contributed by atoms with van der Waals surface area (Å²) in [6.45, 7) is 7.77. The maximum Gasteiger partial charge on any atom is 0.230 e. The maximum absolute atomic E-state index is 14.9. The number of aromatic nitrogens is 4. The molecule has 0 bridgehead atoms. The van der Waals surface area contributed by atoms with Gasteiger partial charge >= 0.3 is 0 Å². The van der Waals surface area contributed by atoms with E-state index >= 15 is 0 Å². The smallest absolute Gasteiger partial charge is 0.230 e. The summed E-state index contributed by atoms with van der Waals surface area (Å²) in [5.74, 6) is 0.371. The third kappa shape index (κ3) is 5.69. The first-order valence-electron chi connectivity index (χ1n) is 12.1. The first kappa shape index (κ1) is 24.6. The second-order valence-corrected chi connectivity index (χ2v) is 10.2. The molecule has 0 saturated carbocycles. The molecule has 1 N–H and O–H groups in total. The molecule has 5 rings (SSSR count). The molecule has 37 heavy (non-hydrogen) atoms. The van der Waals surface area contributed by atoms with E-state index in [1.165, 1.54) is 18.5 Å². The van der Waals surface area contributed by atoms with Gasteiger partial charge in [-0.3, -0.25) is 14.4 Å². The lowest BCUT2D eigenvalue weighted by molar-refractivity contribution is -0.115. The van der Waals surface area contributed by atoms with Gasteiger partial charge in [-0.2, -0.15) is 5.10 Å². The SMILES string of the molecule is CN1CC(Oc2ccc3ncnc(Oc4ccc(CC(=O)Nc5cnn(C(C)(C)C)c5)c(F)c4)c3c2)C1. The Hall–Kier alpha value is -4.05. The van der Waals surface area contributed by atoms with Crippen molar-refractivity contribution >= 4 is 22.5 Å². The Kier molecular flexibility index (Phi) is 6.51. The van der Waals surface area contributed by atoms with Gasteiger partial charge in [0.2, 0.25) is 11.8 Å². The van der Waals surface area contributed by atoms with E-state index in [2.05, 4.69) is 25.3 Å². The molecule has 0 unspecified atom stereocenters. The highest BCUT2D eigenvalue weighted by atomic mass is 19.1. The Morgan fingerprint density at radius 2 is 1.92 bits per heavy atom. The summed E-state index contributed by atoms with van der Waals surface area (Å²) in [5.41, 5.74) is 1.29. The minimum absolute atomic E-state index is 0.125. The molecule has 192 valence electrons. The number of rotatable bonds is 7. The number of carbonyl (C=O) groups excluding carboxylic acids is 1. The Bertz CT molecular complexity index is 1440. The number of ether oxygens (including phenoxy) is 2. The third-order valence-corrected chi connectivity index (χ3v) is 6.05. The van der Waals surface area contributed by atoms with Gasteiger partial charge in [-0.05, 0) is 57.6 Å². The van der Waals surface area contributed by atoms with Crippen LogP contribution >= 0.6 is 0 Å². The van der Waals surface area contributed by atoms with Gasteiger partial charge in [-0.1, -0.05) is 6.07 Å². The molecule has 0 radical (unpaired) electrons. The van der Waals surface area contributed by atoms with Gasteiger partial charge in [0, 0.05) is 25.4 Å². The number of nitrogens with one attached hydrogen (secondary N) is 1. The number of nitrogens with zero attached hydrogens (tertiary/aromatic N) is 5. The molecule has 0 spiro atoms. The van der Waals surface area contributed by atoms with E-state index < -0.39 is 5.82 Å². The molecular weight excluding hydrogens is 475 g/mol. The van der Waals surface area contributed by atoms with Crippen molar-refractivity contribution in [1.29, 1.82) is 0 Å². The quantitative estimate of drug-likeness (QED) is 0.399. The van der Waals surface area contributed by atoms with Crippen LogP contribution in [0.4, 0.5) is 10.1 Å². The van der Waals surface area contributed by atoms with Gasteiger partial charge in [0.25, 0.3) is 0 Å². The van der Waals surface area contributed by atoms with Gasteiger partial charge in [-0.15, -0.1) is 0 Å². The largest absolute Gasteiger partial charge is 0.488 e. The highest BCUT2D eigenvalue weighted by Crippen LogP contribution is 2.31. The van der Waals surface area contributed by atoms with Crippen LogP contribution in [-0.4, -0.2) is 56.8 Å². The summed E-state index contributed by atoms with van der Waals surface area (Å²) in [6.07, 6.45) is 4.74. The van der Waals surface area contributed by atoms with E-state index in [1.54, 1.807) is 23.1 Å². The fourth-order valence-electron chi connectivity index (χ4n) is 4.05. The van der Waals surface area contributed by atoms with Crippen LogP contribution in [-0.2, 0) is 16.8 Å². The van der Waals surface area contributed by atoms with E-state index in [1.807, 2.05) is 46.0 Å². The number of halogens is 1. The molecular formula is C27H29FN6O3. The molecule has 1 saturated heterocycles. The van der Waals surface area contributed by atoms with Crippen molar-refractivity contribution < 1.29 is 18.7 Å². The number of amides is 1. The number of likely N-dealkylation sites (N-methyl/N-ethyl adjacent to an activating group) is 1. The van der Waals surface area contributed by atoms with E-state index in [9.17, 15) is 9.18 Å². The van der Waals surface area contributed by atoms with Crippen LogP contribution in [0.3, 0.4) is 0 Å². The van der Waals surface area contributed by atoms with Crippen molar-refractivity contribution in [2.45, 2.75) is 38.8 Å². The second-order valence-electron chi connectivity index (χ2n) is 10.2. The molecule has 0 aliphatic carbocycles. The minimum atomic E-state index is -0.547. The van der Waals surface area contributed by atoms with Crippen LogP contribution in [0.5, 0.6) is 17.4 Å². The topological polar surface area (TPSA) is 94.4 Å². The van der Waals surface area contributed by atoms with Crippen LogP contribution in [0.2, 0.25) is 0 Å². The molecule has 9 nitrogen and oxygen atoms in total. The van der Waals surface area contributed by atoms with Crippen molar-refractivity contribution in [3.8, 4) is 17.4 Å². The van der Waals surface area contributed by atoms with Gasteiger partial charge in [0.1, 0.15) is 29.7 Å². The van der Waals surface area contributed by atoms with E-state index in [-0.39, 0.29) is 35.3 Å². The Labute approximate surface area is 214 Å². The summed E-state index contributed by atoms with van der Waals surface area (Å²) in [7, 11) is 2.04. The number of hydrogen-bond donors (Lipinski definition) is 1. The molecule has 1 amide bonds. The zero-order chi connectivity index (χ0) is 26.2. The number of carbonyl (C=O) groups is 1. The lowest BCUT2D eigenvalue weighted by Gasteiger charge is -2.36. The Balaban J connectivity index is 1.27. The number of benzene rings is 2. The van der Waals surface area contributed by atoms with Crippen molar-refractivity contribution in [2.24, 2.45) is 0 Å². The van der Waals surface area contributed by atoms with Crippen LogP contribution in [0.25, 0.3) is 10.9 Å². The maximum atomic E-state index is 14.9. The fraction of sp³-hybridized carbons (Fsp3) is 0.333. The highest BCUT2D eigenvalue weighted by molar-refractivity contribution is 5.92. The van der Waals surface area contributed by atoms with Crippen LogP contribution in [0, 0.1) is 5.82 Å². The number of fused-ring (bicyclic) bond motifs is 1. The molecule has 4 aromatic rings. The van der Waals surface area contributed by atoms with Crippen molar-refractivity contribution in [3.63, 3.8) is 0 Å². The third-order valence-electron chi connectivity index (χ3n) is 6.05. The monoisotopic (exact) mass is 504 g/mol. The van der Waals surface area contributed by atoms with Gasteiger partial charge in [-0.25, -0.2) is 14.4 Å². The molecule has 1 aliphatic rings. The second kappa shape index (κ2) is 9.78. The predicted molar refractivity (Wildman–Crippen MR) is 137 cm³/mol. The molecule has 1 aliphatic heterocycles. The lowest BCUT2D eigenvalue weighted by Crippen LogP contribution is -2.51. The van der Waals surface area contributed by atoms with E-state index in [0.29, 0.717) is 28.2 Å². The molecule has 1 fully saturated rings. The lowest BCUT2D eigenvalue weighted by atomic mass is 10.1. The summed E-state index contributed by atoms with van der Waals surface area (Å²) >= 11 is 0. The van der Waals surface area contributed by atoms with Gasteiger partial charge in [0.05, 0.1) is 34.7 Å². The van der Waals surface area contributed by atoms with Crippen molar-refractivity contribution in [3.05, 3.63) is 66.5 Å². The Morgan fingerprint density at radius 1 is 1.14 bits per heavy atom. The Morgan fingerprint density at radius 3 is 2.62 bits per heavy atom. The summed E-state index contributed by atoms with van der Waals surface area (Å²) in [6, 6.07) is 9.94. The van der Waals surface area contributed by atoms with E-state index in [0.717, 1.165) is 13.1 Å². The summed E-state index contributed by atoms with van der Waals surface area (Å²) in [5, 5.41) is 7.68.